The molecule has 2 rings (SSSR count). The molecule has 10 unspecified atom stereocenters. The van der Waals surface area contributed by atoms with Crippen molar-refractivity contribution in [1.82, 2.24) is 4.90 Å². The van der Waals surface area contributed by atoms with Gasteiger partial charge in [0.1, 0.15) is 47.5 Å². The average Bonchev–Trinajstić information content (AvgIpc) is 3.23. The number of hydrogen-bond acceptors (Lipinski definition) is 16. The van der Waals surface area contributed by atoms with E-state index in [0.717, 1.165) is 38.5 Å². The van der Waals surface area contributed by atoms with Gasteiger partial charge in [-0.3, -0.25) is 24.1 Å². The minimum atomic E-state index is -1.16. The van der Waals surface area contributed by atoms with Gasteiger partial charge in [-0.05, 0) is 65.2 Å². The molecule has 10 atom stereocenters. The molecule has 0 aromatic carbocycles. The molecule has 2 aliphatic heterocycles. The van der Waals surface area contributed by atoms with Gasteiger partial charge in [0.2, 0.25) is 0 Å². The summed E-state index contributed by atoms with van der Waals surface area (Å²) < 4.78 is 28.3. The van der Waals surface area contributed by atoms with Gasteiger partial charge in [0, 0.05) is 95.5 Å². The zero-order chi connectivity index (χ0) is 45.2. The van der Waals surface area contributed by atoms with Gasteiger partial charge < -0.3 is 54.3 Å². The summed E-state index contributed by atoms with van der Waals surface area (Å²) in [5, 5.41) is 58.8. The lowest BCUT2D eigenvalue weighted by atomic mass is 9.92. The number of ketones is 4. The van der Waals surface area contributed by atoms with Crippen molar-refractivity contribution in [2.45, 2.75) is 199 Å². The minimum absolute atomic E-state index is 0.149. The van der Waals surface area contributed by atoms with Crippen molar-refractivity contribution in [1.29, 1.82) is 0 Å². The number of ether oxygens (including phenoxy) is 5. The van der Waals surface area contributed by atoms with Gasteiger partial charge in [-0.25, -0.2) is 0 Å². The normalized spacial score (nSPS) is 26.9. The van der Waals surface area contributed by atoms with Crippen molar-refractivity contribution < 1.29 is 73.5 Å². The van der Waals surface area contributed by atoms with E-state index in [4.69, 9.17) is 23.7 Å². The molecule has 0 saturated carbocycles. The number of carbonyl (C=O) groups excluding carboxylic acids is 4. The summed E-state index contributed by atoms with van der Waals surface area (Å²) in [6.45, 7) is 9.63. The topological polar surface area (TPSA) is 239 Å². The van der Waals surface area contributed by atoms with Gasteiger partial charge in [-0.2, -0.15) is 0 Å². The predicted molar refractivity (Wildman–Crippen MR) is 226 cm³/mol. The largest absolute Gasteiger partial charge is 0.394 e. The number of hydrogen-bond donors (Lipinski definition) is 6. The molecule has 0 aromatic heterocycles. The number of Topliss-reactive ketones (excluding diaryl/α,β-unsaturated/α-hetero) is 4. The maximum Gasteiger partial charge on any atom is 0.163 e. The summed E-state index contributed by atoms with van der Waals surface area (Å²) in [7, 11) is 0. The van der Waals surface area contributed by atoms with Gasteiger partial charge >= 0.3 is 0 Å². The van der Waals surface area contributed by atoms with Crippen LogP contribution in [0.4, 0.5) is 0 Å². The Morgan fingerprint density at radius 2 is 0.869 bits per heavy atom. The maximum absolute atomic E-state index is 12.6. The number of aliphatic hydroxyl groups is 6. The van der Waals surface area contributed by atoms with E-state index >= 15 is 0 Å². The first-order valence-electron chi connectivity index (χ1n) is 23.1. The lowest BCUT2D eigenvalue weighted by Crippen LogP contribution is -2.55. The average molecular weight is 876 g/mol. The van der Waals surface area contributed by atoms with E-state index in [2.05, 4.69) is 18.7 Å². The predicted octanol–water partition coefficient (Wildman–Crippen LogP) is 3.20. The first kappa shape index (κ1) is 55.3. The SMILES string of the molecule is CC1C(OCCCCC(=O)CCCCCC(=O)CCOCCN(CCC(=O)CCCCCC(=O)CCCCOC2OC(CO)C(O)C(O)C2C)C(C)C)OC(CO)C(O)C1O. The summed E-state index contributed by atoms with van der Waals surface area (Å²) in [6.07, 6.45) is 3.30. The van der Waals surface area contributed by atoms with Gasteiger partial charge in [-0.1, -0.05) is 26.7 Å². The number of nitrogens with zero attached hydrogens (tertiary/aromatic N) is 1. The van der Waals surface area contributed by atoms with Crippen LogP contribution in [0.25, 0.3) is 0 Å². The van der Waals surface area contributed by atoms with Crippen LogP contribution >= 0.6 is 0 Å². The third-order valence-corrected chi connectivity index (χ3v) is 11.9. The maximum atomic E-state index is 12.6. The van der Waals surface area contributed by atoms with Crippen molar-refractivity contribution in [2.24, 2.45) is 11.8 Å². The van der Waals surface area contributed by atoms with Crippen molar-refractivity contribution in [3.05, 3.63) is 0 Å². The van der Waals surface area contributed by atoms with Gasteiger partial charge in [0.05, 0.1) is 38.6 Å². The van der Waals surface area contributed by atoms with Crippen LogP contribution in [0.3, 0.4) is 0 Å². The Bertz CT molecular complexity index is 1220. The van der Waals surface area contributed by atoms with Gasteiger partial charge in [-0.15, -0.1) is 0 Å². The Hall–Kier alpha value is -1.80. The third kappa shape index (κ3) is 22.1. The molecule has 16 nitrogen and oxygen atoms in total. The van der Waals surface area contributed by atoms with Crippen molar-refractivity contribution in [2.75, 3.05) is 52.7 Å². The summed E-state index contributed by atoms with van der Waals surface area (Å²) in [6, 6.07) is 0.250. The monoisotopic (exact) mass is 876 g/mol. The number of carbonyl (C=O) groups is 4. The van der Waals surface area contributed by atoms with E-state index in [1.54, 1.807) is 13.8 Å². The van der Waals surface area contributed by atoms with Crippen molar-refractivity contribution in [3.63, 3.8) is 0 Å². The fraction of sp³-hybridized carbons (Fsp3) is 0.911. The minimum Gasteiger partial charge on any atom is -0.394 e. The molecule has 0 bridgehead atoms. The molecule has 2 fully saturated rings. The number of unbranched alkanes of at least 4 members (excludes halogenated alkanes) is 6. The Kier molecular flexibility index (Phi) is 29.0. The molecule has 2 aliphatic rings. The number of aliphatic hydroxyl groups excluding tert-OH is 6. The van der Waals surface area contributed by atoms with Crippen LogP contribution < -0.4 is 0 Å². The van der Waals surface area contributed by atoms with Crippen LogP contribution in [0.2, 0.25) is 0 Å². The highest BCUT2D eigenvalue weighted by atomic mass is 16.7. The van der Waals surface area contributed by atoms with Gasteiger partial charge in [0.15, 0.2) is 12.6 Å². The fourth-order valence-electron chi connectivity index (χ4n) is 7.58. The Morgan fingerprint density at radius 1 is 0.492 bits per heavy atom. The lowest BCUT2D eigenvalue weighted by Gasteiger charge is -2.40. The first-order chi connectivity index (χ1) is 29.2. The summed E-state index contributed by atoms with van der Waals surface area (Å²) in [5.74, 6) is -0.157. The standard InChI is InChI=1S/C45H81NO15/c1-31(2)46(23-21-36(51)17-9-5-7-15-34(49)19-11-13-25-58-44-32(3)40(53)42(55)38(29-47)60-44)24-28-57-27-22-37(52)18-10-6-8-16-35(50)20-12-14-26-59-45-33(4)41(54)43(56)39(30-48)61-45/h31-33,38-45,47-48,53-56H,5-30H2,1-4H3. The molecule has 6 N–H and O–H groups in total. The summed E-state index contributed by atoms with van der Waals surface area (Å²) in [4.78, 5) is 51.7. The van der Waals surface area contributed by atoms with E-state index in [-0.39, 0.29) is 29.2 Å². The Balaban J connectivity index is 1.41. The van der Waals surface area contributed by atoms with E-state index in [9.17, 15) is 49.8 Å². The van der Waals surface area contributed by atoms with E-state index in [1.165, 1.54) is 0 Å². The lowest BCUT2D eigenvalue weighted by molar-refractivity contribution is -0.282. The molecular weight excluding hydrogens is 794 g/mol. The van der Waals surface area contributed by atoms with Crippen LogP contribution in [0, 0.1) is 11.8 Å². The highest BCUT2D eigenvalue weighted by Gasteiger charge is 2.43. The molecule has 0 aliphatic carbocycles. The highest BCUT2D eigenvalue weighted by Crippen LogP contribution is 2.28. The molecular formula is C45H81NO15. The molecule has 0 spiro atoms. The summed E-state index contributed by atoms with van der Waals surface area (Å²) in [5.41, 5.74) is 0. The van der Waals surface area contributed by atoms with Crippen LogP contribution in [-0.4, -0.2) is 167 Å². The Labute approximate surface area is 364 Å². The summed E-state index contributed by atoms with van der Waals surface area (Å²) >= 11 is 0. The van der Waals surface area contributed by atoms with E-state index in [1.807, 2.05) is 0 Å². The Morgan fingerprint density at radius 3 is 1.26 bits per heavy atom. The van der Waals surface area contributed by atoms with Crippen LogP contribution in [0.1, 0.15) is 143 Å². The zero-order valence-electron chi connectivity index (χ0n) is 37.5. The molecule has 2 saturated heterocycles. The third-order valence-electron chi connectivity index (χ3n) is 11.9. The first-order valence-corrected chi connectivity index (χ1v) is 23.1. The molecule has 2 heterocycles. The second-order valence-electron chi connectivity index (χ2n) is 17.3. The number of rotatable bonds is 36. The quantitative estimate of drug-likeness (QED) is 0.0496. The molecule has 61 heavy (non-hydrogen) atoms. The zero-order valence-corrected chi connectivity index (χ0v) is 37.5. The van der Waals surface area contributed by atoms with Crippen LogP contribution in [0.5, 0.6) is 0 Å². The molecule has 0 amide bonds. The highest BCUT2D eigenvalue weighted by molar-refractivity contribution is 5.79. The van der Waals surface area contributed by atoms with Crippen molar-refractivity contribution >= 4 is 23.1 Å². The smallest absolute Gasteiger partial charge is 0.163 e. The molecule has 0 aromatic rings. The fourth-order valence-corrected chi connectivity index (χ4v) is 7.58. The molecule has 16 heteroatoms. The molecule has 0 radical (unpaired) electrons. The van der Waals surface area contributed by atoms with Crippen LogP contribution in [0.15, 0.2) is 0 Å². The van der Waals surface area contributed by atoms with Crippen LogP contribution in [-0.2, 0) is 42.9 Å². The molecule has 356 valence electrons. The van der Waals surface area contributed by atoms with E-state index in [0.29, 0.717) is 117 Å². The second-order valence-corrected chi connectivity index (χ2v) is 17.3. The van der Waals surface area contributed by atoms with E-state index < -0.39 is 74.3 Å². The van der Waals surface area contributed by atoms with Crippen molar-refractivity contribution in [3.8, 4) is 0 Å². The second kappa shape index (κ2) is 32.0. The van der Waals surface area contributed by atoms with Gasteiger partial charge in [0.25, 0.3) is 0 Å².